The topological polar surface area (TPSA) is 174 Å². The highest BCUT2D eigenvalue weighted by molar-refractivity contribution is 6.24. The molecule has 2 N–H and O–H groups in total. The van der Waals surface area contributed by atoms with E-state index in [1.165, 1.54) is 64.8 Å². The number of nitrogens with one attached hydrogen (secondary N) is 2. The number of ether oxygens (including phenoxy) is 3. The molecule has 6 heterocycles. The van der Waals surface area contributed by atoms with Gasteiger partial charge in [0.2, 0.25) is 0 Å². The number of methoxy groups -OCH3 is 3. The van der Waals surface area contributed by atoms with Crippen LogP contribution in [0, 0.1) is 12.8 Å². The second kappa shape index (κ2) is 19.6. The van der Waals surface area contributed by atoms with E-state index in [9.17, 15) is 19.2 Å². The third-order valence-electron chi connectivity index (χ3n) is 14.0. The molecule has 65 heavy (non-hydrogen) atoms. The number of esters is 3. The number of imide groups is 1. The predicted octanol–water partition coefficient (Wildman–Crippen LogP) is 10.3. The molecular weight excluding hydrogens is 823 g/mol. The number of allylic oxidation sites excluding steroid dienone is 7. The monoisotopic (exact) mass is 885 g/mol. The first kappa shape index (κ1) is 46.9. The molecule has 0 saturated carbocycles. The Morgan fingerprint density at radius 2 is 1.38 bits per heavy atom. The number of unbranched alkanes of at least 4 members (excludes halogenated alkanes) is 9. The number of hydrogen-bond acceptors (Lipinski definition) is 10. The Labute approximate surface area is 381 Å². The zero-order valence-corrected chi connectivity index (χ0v) is 39.5. The zero-order chi connectivity index (χ0) is 46.7. The highest BCUT2D eigenvalue weighted by Crippen LogP contribution is 2.53. The second-order valence-corrected chi connectivity index (χ2v) is 17.8. The molecule has 8 bridgehead atoms. The summed E-state index contributed by atoms with van der Waals surface area (Å²) in [5, 5.41) is 0. The molecule has 2 amide bonds. The number of aromatic amines is 2. The maximum absolute atomic E-state index is 15.1. The van der Waals surface area contributed by atoms with Gasteiger partial charge in [-0.15, -0.1) is 0 Å². The van der Waals surface area contributed by atoms with Crippen LogP contribution in [0.3, 0.4) is 0 Å². The molecule has 2 aromatic rings. The van der Waals surface area contributed by atoms with Gasteiger partial charge in [-0.2, -0.15) is 0 Å². The average Bonchev–Trinajstić information content (AvgIpc) is 3.97. The fraction of sp³-hybridized carbons (Fsp3) is 0.481. The number of amides is 2. The normalized spacial score (nSPS) is 18.4. The van der Waals surface area contributed by atoms with Crippen LogP contribution in [0.25, 0.3) is 38.9 Å². The smallest absolute Gasteiger partial charge is 0.334 e. The van der Waals surface area contributed by atoms with Crippen LogP contribution < -0.4 is 0 Å². The number of fused-ring (bicyclic) bond motifs is 11. The van der Waals surface area contributed by atoms with Gasteiger partial charge >= 0.3 is 17.9 Å². The lowest BCUT2D eigenvalue weighted by Crippen LogP contribution is -2.42. The summed E-state index contributed by atoms with van der Waals surface area (Å²) < 4.78 is 15.6. The second-order valence-electron chi connectivity index (χ2n) is 17.8. The number of rotatable bonds is 17. The Kier molecular flexibility index (Phi) is 14.1. The molecular formula is C52H63N5O8. The Bertz CT molecular complexity index is 2660. The van der Waals surface area contributed by atoms with Crippen LogP contribution in [0.2, 0.25) is 0 Å². The Morgan fingerprint density at radius 1 is 0.738 bits per heavy atom. The lowest BCUT2D eigenvalue weighted by Gasteiger charge is -2.36. The van der Waals surface area contributed by atoms with Crippen LogP contribution in [0.5, 0.6) is 0 Å². The van der Waals surface area contributed by atoms with Crippen molar-refractivity contribution in [2.75, 3.05) is 27.9 Å². The fourth-order valence-electron chi connectivity index (χ4n) is 10.2. The van der Waals surface area contributed by atoms with Gasteiger partial charge in [-0.25, -0.2) is 14.8 Å². The number of aryl methyl sites for hydroxylation is 1. The highest BCUT2D eigenvalue weighted by Gasteiger charge is 2.53. The van der Waals surface area contributed by atoms with E-state index in [-0.39, 0.29) is 36.4 Å². The SMILES string of the molecule is CCCCCCCCCCCCN1C(=O)c2c3nc(cc4[nH]c(cc5nc(cc6[nH]c2c(c6C)C1=O)C(CC)=C5C)C1=CC=C(C(=O)OC)[C@@H](C(=O)OC)[C@]14C)C(C)=C3CCC(=O)OC. The molecule has 0 unspecified atom stereocenters. The van der Waals surface area contributed by atoms with Gasteiger partial charge in [0.05, 0.1) is 71.7 Å². The van der Waals surface area contributed by atoms with Gasteiger partial charge in [0.15, 0.2) is 0 Å². The minimum Gasteiger partial charge on any atom is -0.469 e. The Morgan fingerprint density at radius 3 is 2.03 bits per heavy atom. The van der Waals surface area contributed by atoms with Crippen molar-refractivity contribution in [1.82, 2.24) is 24.8 Å². The van der Waals surface area contributed by atoms with Crippen LogP contribution in [-0.4, -0.2) is 82.4 Å². The summed E-state index contributed by atoms with van der Waals surface area (Å²) in [6, 6.07) is 5.74. The Hall–Kier alpha value is -6.11. The van der Waals surface area contributed by atoms with Crippen LogP contribution in [0.15, 0.2) is 35.9 Å². The maximum atomic E-state index is 15.1. The van der Waals surface area contributed by atoms with E-state index in [0.29, 0.717) is 80.3 Å². The molecule has 0 radical (unpaired) electrons. The standard InChI is InChI=1S/C52H63N5O8/c1-10-12-13-14-15-16-17-18-19-20-25-57-48(59)43-31(5)37-26-39-32(11-2)29(3)36(53-39)27-40-35-23-21-34(50(61)64-8)45(51(62)65-9)52(35,6)41(54-40)28-38-30(4)33(22-24-42(58)63-7)46(55-38)44(49(57)60)47(43)56-37/h21,23,26-28,45,54,56H,10-20,22,24-25H2,1-9H3/t45-,52+/m0/s1. The molecule has 1 aliphatic carbocycles. The third kappa shape index (κ3) is 8.50. The van der Waals surface area contributed by atoms with E-state index in [4.69, 9.17) is 24.2 Å². The minimum absolute atomic E-state index is 0.0156. The van der Waals surface area contributed by atoms with Crippen LogP contribution in [0.1, 0.15) is 179 Å². The number of carbonyl (C=O) groups is 5. The number of H-pyrrole nitrogens is 2. The van der Waals surface area contributed by atoms with Gasteiger partial charge < -0.3 is 24.2 Å². The molecule has 5 aliphatic rings. The summed E-state index contributed by atoms with van der Waals surface area (Å²) in [5.74, 6) is -3.66. The minimum atomic E-state index is -1.20. The van der Waals surface area contributed by atoms with Crippen molar-refractivity contribution in [2.24, 2.45) is 5.92 Å². The predicted molar refractivity (Wildman–Crippen MR) is 252 cm³/mol. The first-order valence-electron chi connectivity index (χ1n) is 23.2. The summed E-state index contributed by atoms with van der Waals surface area (Å²) >= 11 is 0. The lowest BCUT2D eigenvalue weighted by atomic mass is 9.64. The van der Waals surface area contributed by atoms with Crippen molar-refractivity contribution in [2.45, 2.75) is 130 Å². The van der Waals surface area contributed by atoms with E-state index < -0.39 is 35.1 Å². The van der Waals surface area contributed by atoms with Crippen molar-refractivity contribution in [3.63, 3.8) is 0 Å². The molecule has 13 heteroatoms. The van der Waals surface area contributed by atoms with Crippen molar-refractivity contribution >= 4 is 68.6 Å². The van der Waals surface area contributed by atoms with E-state index >= 15 is 4.79 Å². The van der Waals surface area contributed by atoms with Gasteiger partial charge in [0.25, 0.3) is 11.8 Å². The summed E-state index contributed by atoms with van der Waals surface area (Å²) in [4.78, 5) is 88.7. The highest BCUT2D eigenvalue weighted by atomic mass is 16.5. The van der Waals surface area contributed by atoms with Gasteiger partial charge in [-0.1, -0.05) is 83.8 Å². The first-order valence-corrected chi connectivity index (χ1v) is 23.2. The molecule has 0 saturated heterocycles. The van der Waals surface area contributed by atoms with E-state index in [1.54, 1.807) is 6.08 Å². The molecule has 0 spiro atoms. The molecule has 2 aromatic heterocycles. The zero-order valence-electron chi connectivity index (χ0n) is 39.5. The number of carbonyl (C=O) groups excluding carboxylic acids is 5. The van der Waals surface area contributed by atoms with Gasteiger partial charge in [0, 0.05) is 29.9 Å². The summed E-state index contributed by atoms with van der Waals surface area (Å²) in [7, 11) is 3.90. The van der Waals surface area contributed by atoms with Crippen LogP contribution >= 0.6 is 0 Å². The first-order chi connectivity index (χ1) is 31.2. The summed E-state index contributed by atoms with van der Waals surface area (Å²) in [6.07, 6.45) is 15.4. The third-order valence-corrected chi connectivity index (χ3v) is 14.0. The largest absolute Gasteiger partial charge is 0.469 e. The van der Waals surface area contributed by atoms with Gasteiger partial charge in [0.1, 0.15) is 5.92 Å². The van der Waals surface area contributed by atoms with Crippen LogP contribution in [-0.2, 0) is 34.0 Å². The van der Waals surface area contributed by atoms with Crippen molar-refractivity contribution in [3.8, 4) is 0 Å². The molecule has 0 aromatic carbocycles. The van der Waals surface area contributed by atoms with E-state index in [1.807, 2.05) is 52.0 Å². The van der Waals surface area contributed by atoms with E-state index in [0.717, 1.165) is 36.0 Å². The maximum Gasteiger partial charge on any atom is 0.334 e. The van der Waals surface area contributed by atoms with E-state index in [2.05, 4.69) is 23.8 Å². The molecule has 2 atom stereocenters. The quantitative estimate of drug-likeness (QED) is 0.0673. The number of aromatic nitrogens is 4. The molecule has 7 rings (SSSR count). The fourth-order valence-corrected chi connectivity index (χ4v) is 10.2. The Balaban J connectivity index is 1.47. The van der Waals surface area contributed by atoms with Crippen molar-refractivity contribution < 1.29 is 38.2 Å². The van der Waals surface area contributed by atoms with Gasteiger partial charge in [-0.3, -0.25) is 24.1 Å². The number of nitrogens with zero attached hydrogens (tertiary/aromatic N) is 3. The summed E-state index contributed by atoms with van der Waals surface area (Å²) in [6.45, 7) is 12.2. The molecule has 0 fully saturated rings. The average molecular weight is 886 g/mol. The van der Waals surface area contributed by atoms with Crippen molar-refractivity contribution in [3.05, 3.63) is 86.8 Å². The van der Waals surface area contributed by atoms with Crippen molar-refractivity contribution in [1.29, 1.82) is 0 Å². The summed E-state index contributed by atoms with van der Waals surface area (Å²) in [5.41, 5.74) is 8.79. The molecule has 4 aliphatic heterocycles. The lowest BCUT2D eigenvalue weighted by molar-refractivity contribution is -0.149. The van der Waals surface area contributed by atoms with Crippen LogP contribution in [0.4, 0.5) is 0 Å². The molecule has 344 valence electrons. The molecule has 13 nitrogen and oxygen atoms in total. The number of hydrogen-bond donors (Lipinski definition) is 2. The van der Waals surface area contributed by atoms with Gasteiger partial charge in [-0.05, 0) is 98.6 Å².